The highest BCUT2D eigenvalue weighted by Gasteiger charge is 2.18. The van der Waals surface area contributed by atoms with E-state index in [0.29, 0.717) is 5.75 Å². The molecular formula is C18H23NO4S. The molecule has 0 aliphatic rings. The average Bonchev–Trinajstić information content (AvgIpc) is 2.58. The Kier molecular flexibility index (Phi) is 5.99. The van der Waals surface area contributed by atoms with Crippen molar-refractivity contribution in [1.29, 1.82) is 0 Å². The molecular weight excluding hydrogens is 326 g/mol. The zero-order chi connectivity index (χ0) is 17.7. The van der Waals surface area contributed by atoms with Gasteiger partial charge in [0.2, 0.25) is 10.0 Å². The quantitative estimate of drug-likeness (QED) is 0.835. The van der Waals surface area contributed by atoms with Crippen LogP contribution in [0.15, 0.2) is 47.4 Å². The van der Waals surface area contributed by atoms with Gasteiger partial charge in [0.05, 0.1) is 18.1 Å². The Morgan fingerprint density at radius 3 is 2.42 bits per heavy atom. The largest absolute Gasteiger partial charge is 0.497 e. The molecule has 2 aromatic carbocycles. The SMILES string of the molecule is COc1cccc([C@@H](CNS(=O)(=O)c2ccc(C)c(C)c2)OC)c1. The van der Waals surface area contributed by atoms with E-state index in [-0.39, 0.29) is 11.4 Å². The third-order valence-corrected chi connectivity index (χ3v) is 5.42. The van der Waals surface area contributed by atoms with Crippen LogP contribution in [0.4, 0.5) is 0 Å². The summed E-state index contributed by atoms with van der Waals surface area (Å²) in [6.07, 6.45) is -0.401. The fourth-order valence-electron chi connectivity index (χ4n) is 2.33. The minimum absolute atomic E-state index is 0.138. The standard InChI is InChI=1S/C18H23NO4S/c1-13-8-9-17(10-14(13)2)24(20,21)19-12-18(23-4)15-6-5-7-16(11-15)22-3/h5-11,18-19H,12H2,1-4H3/t18-/m1/s1. The summed E-state index contributed by atoms with van der Waals surface area (Å²) >= 11 is 0. The first-order valence-corrected chi connectivity index (χ1v) is 9.09. The first-order valence-electron chi connectivity index (χ1n) is 7.61. The molecule has 0 bridgehead atoms. The molecule has 0 radical (unpaired) electrons. The van der Waals surface area contributed by atoms with Gasteiger partial charge in [0.25, 0.3) is 0 Å². The molecule has 5 nitrogen and oxygen atoms in total. The van der Waals surface area contributed by atoms with E-state index in [2.05, 4.69) is 4.72 Å². The van der Waals surface area contributed by atoms with Gasteiger partial charge in [0, 0.05) is 13.7 Å². The van der Waals surface area contributed by atoms with Crippen LogP contribution in [-0.4, -0.2) is 29.2 Å². The lowest BCUT2D eigenvalue weighted by Crippen LogP contribution is -2.29. The van der Waals surface area contributed by atoms with E-state index in [1.54, 1.807) is 32.4 Å². The lowest BCUT2D eigenvalue weighted by atomic mass is 10.1. The molecule has 0 saturated heterocycles. The molecule has 0 aliphatic heterocycles. The monoisotopic (exact) mass is 349 g/mol. The van der Waals surface area contributed by atoms with Gasteiger partial charge >= 0.3 is 0 Å². The van der Waals surface area contributed by atoms with Gasteiger partial charge in [-0.3, -0.25) is 0 Å². The molecule has 2 aromatic rings. The summed E-state index contributed by atoms with van der Waals surface area (Å²) in [5.74, 6) is 0.701. The summed E-state index contributed by atoms with van der Waals surface area (Å²) in [5.41, 5.74) is 2.84. The lowest BCUT2D eigenvalue weighted by Gasteiger charge is -2.17. The molecule has 2 rings (SSSR count). The number of methoxy groups -OCH3 is 2. The van der Waals surface area contributed by atoms with Gasteiger partial charge in [-0.2, -0.15) is 0 Å². The Bertz CT molecular complexity index is 802. The Labute approximate surface area is 143 Å². The minimum atomic E-state index is -3.59. The second-order valence-corrected chi connectivity index (χ2v) is 7.37. The average molecular weight is 349 g/mol. The number of hydrogen-bond acceptors (Lipinski definition) is 4. The number of hydrogen-bond donors (Lipinski definition) is 1. The van der Waals surface area contributed by atoms with Gasteiger partial charge in [-0.15, -0.1) is 0 Å². The van der Waals surface area contributed by atoms with Crippen molar-refractivity contribution in [2.45, 2.75) is 24.8 Å². The molecule has 0 heterocycles. The van der Waals surface area contributed by atoms with E-state index in [0.717, 1.165) is 16.7 Å². The zero-order valence-corrected chi connectivity index (χ0v) is 15.2. The van der Waals surface area contributed by atoms with E-state index in [4.69, 9.17) is 9.47 Å². The number of benzene rings is 2. The summed E-state index contributed by atoms with van der Waals surface area (Å²) in [7, 11) is -0.453. The third-order valence-electron chi connectivity index (χ3n) is 4.00. The molecule has 0 aliphatic carbocycles. The second-order valence-electron chi connectivity index (χ2n) is 5.60. The molecule has 1 atom stereocenters. The van der Waals surface area contributed by atoms with Crippen LogP contribution in [0.3, 0.4) is 0 Å². The molecule has 1 N–H and O–H groups in total. The summed E-state index contributed by atoms with van der Waals surface area (Å²) in [5, 5.41) is 0. The normalized spacial score (nSPS) is 12.8. The fourth-order valence-corrected chi connectivity index (χ4v) is 3.45. The highest BCUT2D eigenvalue weighted by atomic mass is 32.2. The van der Waals surface area contributed by atoms with Crippen LogP contribution in [0.1, 0.15) is 22.8 Å². The number of ether oxygens (including phenoxy) is 2. The van der Waals surface area contributed by atoms with Crippen LogP contribution in [0, 0.1) is 13.8 Å². The van der Waals surface area contributed by atoms with Crippen LogP contribution >= 0.6 is 0 Å². The van der Waals surface area contributed by atoms with Gasteiger partial charge in [0.15, 0.2) is 0 Å². The smallest absolute Gasteiger partial charge is 0.240 e. The van der Waals surface area contributed by atoms with E-state index in [9.17, 15) is 8.42 Å². The van der Waals surface area contributed by atoms with E-state index < -0.39 is 16.1 Å². The highest BCUT2D eigenvalue weighted by Crippen LogP contribution is 2.22. The van der Waals surface area contributed by atoms with Crippen molar-refractivity contribution in [1.82, 2.24) is 4.72 Å². The van der Waals surface area contributed by atoms with Crippen molar-refractivity contribution < 1.29 is 17.9 Å². The lowest BCUT2D eigenvalue weighted by molar-refractivity contribution is 0.107. The van der Waals surface area contributed by atoms with Gasteiger partial charge in [-0.25, -0.2) is 13.1 Å². The van der Waals surface area contributed by atoms with Crippen molar-refractivity contribution in [2.24, 2.45) is 0 Å². The minimum Gasteiger partial charge on any atom is -0.497 e. The molecule has 24 heavy (non-hydrogen) atoms. The maximum Gasteiger partial charge on any atom is 0.240 e. The molecule has 0 unspecified atom stereocenters. The van der Waals surface area contributed by atoms with Gasteiger partial charge < -0.3 is 9.47 Å². The van der Waals surface area contributed by atoms with Crippen LogP contribution in [-0.2, 0) is 14.8 Å². The first-order chi connectivity index (χ1) is 11.4. The van der Waals surface area contributed by atoms with Crippen molar-refractivity contribution in [3.05, 3.63) is 59.2 Å². The Hall–Kier alpha value is -1.89. The fraction of sp³-hybridized carbons (Fsp3) is 0.333. The van der Waals surface area contributed by atoms with Crippen molar-refractivity contribution in [3.8, 4) is 5.75 Å². The summed E-state index contributed by atoms with van der Waals surface area (Å²) in [6, 6.07) is 12.5. The van der Waals surface area contributed by atoms with Crippen molar-refractivity contribution in [3.63, 3.8) is 0 Å². The maximum absolute atomic E-state index is 12.5. The Balaban J connectivity index is 2.15. The molecule has 0 fully saturated rings. The molecule has 0 aromatic heterocycles. The topological polar surface area (TPSA) is 64.6 Å². The third kappa shape index (κ3) is 4.35. The van der Waals surface area contributed by atoms with E-state index >= 15 is 0 Å². The number of rotatable bonds is 7. The van der Waals surface area contributed by atoms with Crippen molar-refractivity contribution >= 4 is 10.0 Å². The highest BCUT2D eigenvalue weighted by molar-refractivity contribution is 7.89. The molecule has 130 valence electrons. The summed E-state index contributed by atoms with van der Waals surface area (Å²) in [6.45, 7) is 3.98. The number of aryl methyl sites for hydroxylation is 2. The van der Waals surface area contributed by atoms with Crippen LogP contribution in [0.5, 0.6) is 5.75 Å². The molecule has 0 spiro atoms. The Morgan fingerprint density at radius 2 is 1.79 bits per heavy atom. The molecule has 0 saturated carbocycles. The zero-order valence-electron chi connectivity index (χ0n) is 14.4. The van der Waals surface area contributed by atoms with E-state index in [1.165, 1.54) is 0 Å². The summed E-state index contributed by atoms with van der Waals surface area (Å²) < 4.78 is 38.2. The predicted molar refractivity (Wildman–Crippen MR) is 93.8 cm³/mol. The number of sulfonamides is 1. The van der Waals surface area contributed by atoms with E-state index in [1.807, 2.05) is 38.1 Å². The number of nitrogens with one attached hydrogen (secondary N) is 1. The van der Waals surface area contributed by atoms with Gasteiger partial charge in [-0.05, 0) is 54.8 Å². The first kappa shape index (κ1) is 18.4. The van der Waals surface area contributed by atoms with Crippen LogP contribution < -0.4 is 9.46 Å². The van der Waals surface area contributed by atoms with Gasteiger partial charge in [-0.1, -0.05) is 18.2 Å². The maximum atomic E-state index is 12.5. The molecule has 0 amide bonds. The van der Waals surface area contributed by atoms with Crippen LogP contribution in [0.2, 0.25) is 0 Å². The van der Waals surface area contributed by atoms with Gasteiger partial charge in [0.1, 0.15) is 5.75 Å². The van der Waals surface area contributed by atoms with Crippen LogP contribution in [0.25, 0.3) is 0 Å². The predicted octanol–water partition coefficient (Wildman–Crippen LogP) is 2.98. The van der Waals surface area contributed by atoms with Crippen molar-refractivity contribution in [2.75, 3.05) is 20.8 Å². The second kappa shape index (κ2) is 7.79. The summed E-state index contributed by atoms with van der Waals surface area (Å²) in [4.78, 5) is 0.256. The molecule has 6 heteroatoms. The Morgan fingerprint density at radius 1 is 1.04 bits per heavy atom.